The third-order valence-electron chi connectivity index (χ3n) is 5.80. The smallest absolute Gasteiger partial charge is 0.407 e. The number of hydrogen-bond donors (Lipinski definition) is 2. The minimum atomic E-state index is -1.05. The van der Waals surface area contributed by atoms with E-state index in [0.29, 0.717) is 12.0 Å². The van der Waals surface area contributed by atoms with E-state index in [1.165, 1.54) is 11.9 Å². The van der Waals surface area contributed by atoms with Crippen molar-refractivity contribution in [1.29, 1.82) is 0 Å². The van der Waals surface area contributed by atoms with Crippen LogP contribution in [0, 0.1) is 0 Å². The van der Waals surface area contributed by atoms with Crippen LogP contribution in [0.1, 0.15) is 37.3 Å². The molecule has 0 bridgehead atoms. The van der Waals surface area contributed by atoms with Gasteiger partial charge >= 0.3 is 12.1 Å². The van der Waals surface area contributed by atoms with Crippen LogP contribution < -0.4 is 5.32 Å². The van der Waals surface area contributed by atoms with Crippen molar-refractivity contribution in [2.45, 2.75) is 32.2 Å². The fourth-order valence-electron chi connectivity index (χ4n) is 4.06. The molecule has 1 aliphatic carbocycles. The average Bonchev–Trinajstić information content (AvgIpc) is 3.11. The molecule has 0 saturated heterocycles. The van der Waals surface area contributed by atoms with Gasteiger partial charge in [0.05, 0.1) is 0 Å². The zero-order valence-electron chi connectivity index (χ0n) is 18.5. The molecular formula is C25H28N2O5. The maximum atomic E-state index is 12.4. The van der Waals surface area contributed by atoms with Gasteiger partial charge in [0, 0.05) is 25.1 Å². The number of carboxylic acid groups (broad SMARTS) is 1. The first kappa shape index (κ1) is 23.1. The lowest BCUT2D eigenvalue weighted by Gasteiger charge is -2.24. The first-order chi connectivity index (χ1) is 15.3. The van der Waals surface area contributed by atoms with Crippen molar-refractivity contribution in [3.8, 4) is 11.1 Å². The SMILES string of the molecule is CCC(C(=O)O)N(C)C(=O)/C(C)=C/CNC(=O)OCC1c2ccccc2-c2ccccc21. The van der Waals surface area contributed by atoms with E-state index < -0.39 is 24.0 Å². The van der Waals surface area contributed by atoms with Gasteiger partial charge in [0.15, 0.2) is 0 Å². The second-order valence-electron chi connectivity index (χ2n) is 7.77. The Morgan fingerprint density at radius 3 is 2.19 bits per heavy atom. The predicted octanol–water partition coefficient (Wildman–Crippen LogP) is 3.79. The monoisotopic (exact) mass is 436 g/mol. The van der Waals surface area contributed by atoms with E-state index in [1.807, 2.05) is 24.3 Å². The molecule has 7 nitrogen and oxygen atoms in total. The molecule has 1 aliphatic rings. The zero-order valence-corrected chi connectivity index (χ0v) is 18.5. The second-order valence-corrected chi connectivity index (χ2v) is 7.77. The highest BCUT2D eigenvalue weighted by molar-refractivity contribution is 5.95. The van der Waals surface area contributed by atoms with E-state index in [-0.39, 0.29) is 19.1 Å². The number of nitrogens with zero attached hydrogens (tertiary/aromatic N) is 1. The Hall–Kier alpha value is -3.61. The number of likely N-dealkylation sites (N-methyl/N-ethyl adjacent to an activating group) is 1. The fraction of sp³-hybridized carbons (Fsp3) is 0.320. The van der Waals surface area contributed by atoms with Gasteiger partial charge in [-0.3, -0.25) is 4.79 Å². The number of hydrogen-bond acceptors (Lipinski definition) is 4. The van der Waals surface area contributed by atoms with Crippen LogP contribution in [0.5, 0.6) is 0 Å². The molecule has 0 radical (unpaired) electrons. The standard InChI is InChI=1S/C25H28N2O5/c1-4-22(24(29)30)27(3)23(28)16(2)13-14-26-25(31)32-15-21-19-11-7-5-9-17(19)18-10-6-8-12-20(18)21/h5-13,21-22H,4,14-15H2,1-3H3,(H,26,31)(H,29,30)/b16-13+. The second kappa shape index (κ2) is 10.1. The number of benzene rings is 2. The zero-order chi connectivity index (χ0) is 23.3. The summed E-state index contributed by atoms with van der Waals surface area (Å²) < 4.78 is 5.46. The first-order valence-electron chi connectivity index (χ1n) is 10.6. The number of amides is 2. The van der Waals surface area contributed by atoms with Crippen LogP contribution in [0.4, 0.5) is 4.79 Å². The molecule has 1 atom stereocenters. The molecule has 2 N–H and O–H groups in total. The van der Waals surface area contributed by atoms with Crippen LogP contribution in [0.3, 0.4) is 0 Å². The van der Waals surface area contributed by atoms with Crippen molar-refractivity contribution in [3.05, 3.63) is 71.3 Å². The van der Waals surface area contributed by atoms with Gasteiger partial charge in [-0.2, -0.15) is 0 Å². The summed E-state index contributed by atoms with van der Waals surface area (Å²) >= 11 is 0. The van der Waals surface area contributed by atoms with Crippen LogP contribution in [0.25, 0.3) is 11.1 Å². The van der Waals surface area contributed by atoms with Gasteiger partial charge in [0.1, 0.15) is 12.6 Å². The molecule has 2 amide bonds. The first-order valence-corrected chi connectivity index (χ1v) is 10.6. The van der Waals surface area contributed by atoms with E-state index in [2.05, 4.69) is 29.6 Å². The number of nitrogens with one attached hydrogen (secondary N) is 1. The van der Waals surface area contributed by atoms with Gasteiger partial charge < -0.3 is 20.1 Å². The summed E-state index contributed by atoms with van der Waals surface area (Å²) in [5.74, 6) is -1.47. The summed E-state index contributed by atoms with van der Waals surface area (Å²) in [6.45, 7) is 3.61. The Labute approximate surface area is 187 Å². The molecule has 32 heavy (non-hydrogen) atoms. The number of carboxylic acids is 1. The van der Waals surface area contributed by atoms with Crippen LogP contribution in [-0.2, 0) is 14.3 Å². The van der Waals surface area contributed by atoms with Crippen molar-refractivity contribution in [3.63, 3.8) is 0 Å². The number of alkyl carbamates (subject to hydrolysis) is 1. The Morgan fingerprint density at radius 2 is 1.66 bits per heavy atom. The largest absolute Gasteiger partial charge is 0.480 e. The number of aliphatic carboxylic acids is 1. The van der Waals surface area contributed by atoms with Crippen LogP contribution in [0.15, 0.2) is 60.2 Å². The normalized spacial score (nSPS) is 13.7. The lowest BCUT2D eigenvalue weighted by molar-refractivity contribution is -0.147. The highest BCUT2D eigenvalue weighted by atomic mass is 16.5. The predicted molar refractivity (Wildman–Crippen MR) is 121 cm³/mol. The number of carbonyl (C=O) groups excluding carboxylic acids is 2. The van der Waals surface area contributed by atoms with E-state index >= 15 is 0 Å². The number of carbonyl (C=O) groups is 3. The molecule has 2 aromatic carbocycles. The van der Waals surface area contributed by atoms with Crippen molar-refractivity contribution in [2.75, 3.05) is 20.2 Å². The quantitative estimate of drug-likeness (QED) is 0.614. The van der Waals surface area contributed by atoms with E-state index in [9.17, 15) is 19.5 Å². The molecular weight excluding hydrogens is 408 g/mol. The third kappa shape index (κ3) is 4.82. The van der Waals surface area contributed by atoms with Gasteiger partial charge in [-0.05, 0) is 35.6 Å². The Bertz CT molecular complexity index is 1000. The van der Waals surface area contributed by atoms with Gasteiger partial charge in [-0.15, -0.1) is 0 Å². The molecule has 1 unspecified atom stereocenters. The molecule has 7 heteroatoms. The highest BCUT2D eigenvalue weighted by Gasteiger charge is 2.29. The Balaban J connectivity index is 1.55. The summed E-state index contributed by atoms with van der Waals surface area (Å²) in [6, 6.07) is 15.3. The topological polar surface area (TPSA) is 95.9 Å². The number of rotatable bonds is 8. The summed E-state index contributed by atoms with van der Waals surface area (Å²) in [5, 5.41) is 11.8. The molecule has 2 aromatic rings. The van der Waals surface area contributed by atoms with Crippen molar-refractivity contribution >= 4 is 18.0 Å². The fourth-order valence-corrected chi connectivity index (χ4v) is 4.06. The van der Waals surface area contributed by atoms with Crippen molar-refractivity contribution in [2.24, 2.45) is 0 Å². The highest BCUT2D eigenvalue weighted by Crippen LogP contribution is 2.44. The van der Waals surface area contributed by atoms with E-state index in [1.54, 1.807) is 19.9 Å². The maximum Gasteiger partial charge on any atom is 0.407 e. The van der Waals surface area contributed by atoms with E-state index in [4.69, 9.17) is 4.74 Å². The van der Waals surface area contributed by atoms with E-state index in [0.717, 1.165) is 22.3 Å². The minimum absolute atomic E-state index is 0.0253. The molecule has 0 fully saturated rings. The summed E-state index contributed by atoms with van der Waals surface area (Å²) in [6.07, 6.45) is 1.28. The molecule has 0 spiro atoms. The third-order valence-corrected chi connectivity index (χ3v) is 5.80. The molecule has 0 aliphatic heterocycles. The van der Waals surface area contributed by atoms with Crippen LogP contribution in [0.2, 0.25) is 0 Å². The average molecular weight is 437 g/mol. The van der Waals surface area contributed by atoms with Crippen LogP contribution >= 0.6 is 0 Å². The van der Waals surface area contributed by atoms with Crippen LogP contribution in [-0.4, -0.2) is 54.2 Å². The molecule has 0 saturated carbocycles. The molecule has 3 rings (SSSR count). The van der Waals surface area contributed by atoms with Crippen molar-refractivity contribution < 1.29 is 24.2 Å². The molecule has 0 aromatic heterocycles. The maximum absolute atomic E-state index is 12.4. The minimum Gasteiger partial charge on any atom is -0.480 e. The Kier molecular flexibility index (Phi) is 7.30. The molecule has 0 heterocycles. The van der Waals surface area contributed by atoms with Gasteiger partial charge in [0.25, 0.3) is 0 Å². The Morgan fingerprint density at radius 1 is 1.09 bits per heavy atom. The molecule has 168 valence electrons. The summed E-state index contributed by atoms with van der Waals surface area (Å²) in [7, 11) is 1.46. The summed E-state index contributed by atoms with van der Waals surface area (Å²) in [4.78, 5) is 37.1. The number of fused-ring (bicyclic) bond motifs is 3. The lowest BCUT2D eigenvalue weighted by atomic mass is 9.98. The summed E-state index contributed by atoms with van der Waals surface area (Å²) in [5.41, 5.74) is 4.94. The van der Waals surface area contributed by atoms with Gasteiger partial charge in [0.2, 0.25) is 5.91 Å². The van der Waals surface area contributed by atoms with Crippen molar-refractivity contribution in [1.82, 2.24) is 10.2 Å². The number of ether oxygens (including phenoxy) is 1. The lowest BCUT2D eigenvalue weighted by Crippen LogP contribution is -2.42. The van der Waals surface area contributed by atoms with Gasteiger partial charge in [-0.25, -0.2) is 9.59 Å². The van der Waals surface area contributed by atoms with Gasteiger partial charge in [-0.1, -0.05) is 61.5 Å².